The minimum atomic E-state index is -1.05. The highest BCUT2D eigenvalue weighted by Crippen LogP contribution is 2.20. The van der Waals surface area contributed by atoms with Crippen LogP contribution in [0.1, 0.15) is 37.7 Å². The molecule has 102 valence electrons. The molecule has 6 nitrogen and oxygen atoms in total. The van der Waals surface area contributed by atoms with Crippen LogP contribution in [0.25, 0.3) is 5.65 Å². The minimum absolute atomic E-state index is 0.00135. The van der Waals surface area contributed by atoms with E-state index in [9.17, 15) is 4.79 Å². The number of carboxylic acids is 1. The van der Waals surface area contributed by atoms with Crippen LogP contribution in [-0.2, 0) is 0 Å². The molecule has 2 aromatic rings. The molecule has 2 N–H and O–H groups in total. The minimum Gasteiger partial charge on any atom is -0.476 e. The average Bonchev–Trinajstić information content (AvgIpc) is 2.79. The van der Waals surface area contributed by atoms with Gasteiger partial charge in [0.1, 0.15) is 5.82 Å². The molecule has 0 atom stereocenters. The fraction of sp³-hybridized carbons (Fsp3) is 0.462. The van der Waals surface area contributed by atoms with Gasteiger partial charge in [-0.3, -0.25) is 0 Å². The van der Waals surface area contributed by atoms with Crippen LogP contribution in [0.15, 0.2) is 18.3 Å². The number of rotatable bonds is 5. The molecular formula is C13H18N4O2. The van der Waals surface area contributed by atoms with Crippen LogP contribution in [0, 0.1) is 5.41 Å². The Morgan fingerprint density at radius 3 is 2.84 bits per heavy atom. The molecule has 2 heterocycles. The number of hydrogen-bond donors (Lipinski definition) is 2. The number of imidazole rings is 1. The third-order valence-electron chi connectivity index (χ3n) is 3.24. The number of aromatic nitrogens is 3. The summed E-state index contributed by atoms with van der Waals surface area (Å²) in [6.45, 7) is 7.31. The van der Waals surface area contributed by atoms with Crippen molar-refractivity contribution in [1.82, 2.24) is 14.6 Å². The van der Waals surface area contributed by atoms with Crippen LogP contribution in [-0.4, -0.2) is 32.2 Å². The summed E-state index contributed by atoms with van der Waals surface area (Å²) in [5.41, 5.74) is 0.717. The molecule has 0 radical (unpaired) electrons. The van der Waals surface area contributed by atoms with Crippen molar-refractivity contribution in [2.45, 2.75) is 27.2 Å². The Labute approximate surface area is 111 Å². The van der Waals surface area contributed by atoms with Gasteiger partial charge in [-0.25, -0.2) is 14.3 Å². The molecule has 0 amide bonds. The maximum Gasteiger partial charge on any atom is 0.356 e. The van der Waals surface area contributed by atoms with Gasteiger partial charge in [0.25, 0.3) is 0 Å². The fourth-order valence-electron chi connectivity index (χ4n) is 1.53. The van der Waals surface area contributed by atoms with E-state index in [0.29, 0.717) is 11.5 Å². The maximum absolute atomic E-state index is 10.8. The van der Waals surface area contributed by atoms with Crippen molar-refractivity contribution in [2.75, 3.05) is 11.9 Å². The number of nitrogens with zero attached hydrogens (tertiary/aromatic N) is 3. The average molecular weight is 262 g/mol. The van der Waals surface area contributed by atoms with Crippen molar-refractivity contribution in [3.63, 3.8) is 0 Å². The van der Waals surface area contributed by atoms with Crippen molar-refractivity contribution in [1.29, 1.82) is 0 Å². The molecule has 0 saturated heterocycles. The quantitative estimate of drug-likeness (QED) is 0.864. The van der Waals surface area contributed by atoms with Crippen molar-refractivity contribution in [3.8, 4) is 0 Å². The van der Waals surface area contributed by atoms with Crippen LogP contribution < -0.4 is 5.32 Å². The van der Waals surface area contributed by atoms with Gasteiger partial charge in [0, 0.05) is 6.54 Å². The fourth-order valence-corrected chi connectivity index (χ4v) is 1.53. The summed E-state index contributed by atoms with van der Waals surface area (Å²) in [5, 5.41) is 16.4. The first-order valence-corrected chi connectivity index (χ1v) is 6.25. The van der Waals surface area contributed by atoms with E-state index in [4.69, 9.17) is 5.11 Å². The predicted molar refractivity (Wildman–Crippen MR) is 72.5 cm³/mol. The molecule has 0 saturated carbocycles. The number of aromatic carboxylic acids is 1. The topological polar surface area (TPSA) is 79.5 Å². The summed E-state index contributed by atoms with van der Waals surface area (Å²) in [4.78, 5) is 14.8. The normalized spacial score (nSPS) is 11.7. The number of hydrogen-bond acceptors (Lipinski definition) is 4. The SMILES string of the molecule is CCC(C)(C)CNc1ccc2nc(C(=O)O)cn2n1. The largest absolute Gasteiger partial charge is 0.476 e. The summed E-state index contributed by atoms with van der Waals surface area (Å²) in [7, 11) is 0. The second-order valence-corrected chi connectivity index (χ2v) is 5.32. The number of anilines is 1. The molecule has 0 unspecified atom stereocenters. The van der Waals surface area contributed by atoms with E-state index in [1.807, 2.05) is 0 Å². The van der Waals surface area contributed by atoms with Crippen molar-refractivity contribution in [2.24, 2.45) is 5.41 Å². The lowest BCUT2D eigenvalue weighted by Gasteiger charge is -2.23. The van der Waals surface area contributed by atoms with E-state index in [1.54, 1.807) is 12.1 Å². The molecule has 0 spiro atoms. The molecule has 0 aromatic carbocycles. The molecule has 2 aromatic heterocycles. The van der Waals surface area contributed by atoms with Gasteiger partial charge < -0.3 is 10.4 Å². The van der Waals surface area contributed by atoms with Crippen molar-refractivity contribution < 1.29 is 9.90 Å². The Balaban J connectivity index is 2.19. The van der Waals surface area contributed by atoms with Gasteiger partial charge >= 0.3 is 5.97 Å². The first-order valence-electron chi connectivity index (χ1n) is 6.25. The van der Waals surface area contributed by atoms with Gasteiger partial charge in [0.2, 0.25) is 0 Å². The lowest BCUT2D eigenvalue weighted by atomic mass is 9.90. The second-order valence-electron chi connectivity index (χ2n) is 5.32. The standard InChI is InChI=1S/C13H18N4O2/c1-4-13(2,3)8-14-10-5-6-11-15-9(12(18)19)7-17(11)16-10/h5-7H,4,8H2,1-3H3,(H,14,16)(H,18,19). The first kappa shape index (κ1) is 13.3. The van der Waals surface area contributed by atoms with E-state index in [1.165, 1.54) is 10.7 Å². The number of fused-ring (bicyclic) bond motifs is 1. The number of carboxylic acid groups (broad SMARTS) is 1. The van der Waals surface area contributed by atoms with Gasteiger partial charge in [0.15, 0.2) is 11.3 Å². The second kappa shape index (κ2) is 4.87. The highest BCUT2D eigenvalue weighted by molar-refractivity contribution is 5.86. The third-order valence-corrected chi connectivity index (χ3v) is 3.24. The Bertz CT molecular complexity index is 604. The molecule has 0 bridgehead atoms. The number of nitrogens with one attached hydrogen (secondary N) is 1. The predicted octanol–water partition coefficient (Wildman–Crippen LogP) is 2.28. The summed E-state index contributed by atoms with van der Waals surface area (Å²) in [5.74, 6) is -0.338. The molecule has 19 heavy (non-hydrogen) atoms. The summed E-state index contributed by atoms with van der Waals surface area (Å²) < 4.78 is 1.48. The van der Waals surface area contributed by atoms with E-state index in [2.05, 4.69) is 36.2 Å². The molecular weight excluding hydrogens is 244 g/mol. The lowest BCUT2D eigenvalue weighted by molar-refractivity contribution is 0.0691. The zero-order chi connectivity index (χ0) is 14.0. The van der Waals surface area contributed by atoms with Gasteiger partial charge in [-0.1, -0.05) is 20.8 Å². The van der Waals surface area contributed by atoms with Crippen LogP contribution in [0.2, 0.25) is 0 Å². The zero-order valence-electron chi connectivity index (χ0n) is 11.3. The van der Waals surface area contributed by atoms with Crippen LogP contribution in [0.4, 0.5) is 5.82 Å². The molecule has 0 aliphatic carbocycles. The highest BCUT2D eigenvalue weighted by Gasteiger charge is 2.15. The van der Waals surface area contributed by atoms with Gasteiger partial charge in [0.05, 0.1) is 6.20 Å². The first-order chi connectivity index (χ1) is 8.91. The molecule has 2 rings (SSSR count). The Kier molecular flexibility index (Phi) is 3.42. The smallest absolute Gasteiger partial charge is 0.356 e. The molecule has 0 fully saturated rings. The number of carbonyl (C=O) groups is 1. The summed E-state index contributed by atoms with van der Waals surface area (Å²) >= 11 is 0. The monoisotopic (exact) mass is 262 g/mol. The summed E-state index contributed by atoms with van der Waals surface area (Å²) in [6.07, 6.45) is 2.48. The van der Waals surface area contributed by atoms with Crippen molar-refractivity contribution >= 4 is 17.4 Å². The van der Waals surface area contributed by atoms with Gasteiger partial charge in [-0.05, 0) is 24.0 Å². The van der Waals surface area contributed by atoms with Gasteiger partial charge in [-0.15, -0.1) is 5.10 Å². The van der Waals surface area contributed by atoms with Crippen LogP contribution in [0.5, 0.6) is 0 Å². The Morgan fingerprint density at radius 2 is 2.21 bits per heavy atom. The summed E-state index contributed by atoms with van der Waals surface area (Å²) in [6, 6.07) is 3.56. The van der Waals surface area contributed by atoms with E-state index in [0.717, 1.165) is 13.0 Å². The lowest BCUT2D eigenvalue weighted by Crippen LogP contribution is -2.22. The Hall–Kier alpha value is -2.11. The molecule has 0 aliphatic rings. The Morgan fingerprint density at radius 1 is 1.47 bits per heavy atom. The van der Waals surface area contributed by atoms with E-state index in [-0.39, 0.29) is 11.1 Å². The maximum atomic E-state index is 10.8. The van der Waals surface area contributed by atoms with Gasteiger partial charge in [-0.2, -0.15) is 0 Å². The van der Waals surface area contributed by atoms with Crippen LogP contribution in [0.3, 0.4) is 0 Å². The van der Waals surface area contributed by atoms with Crippen LogP contribution >= 0.6 is 0 Å². The van der Waals surface area contributed by atoms with E-state index >= 15 is 0 Å². The third kappa shape index (κ3) is 3.01. The zero-order valence-corrected chi connectivity index (χ0v) is 11.3. The van der Waals surface area contributed by atoms with Crippen molar-refractivity contribution in [3.05, 3.63) is 24.0 Å². The molecule has 6 heteroatoms. The molecule has 0 aliphatic heterocycles. The highest BCUT2D eigenvalue weighted by atomic mass is 16.4. The van der Waals surface area contributed by atoms with E-state index < -0.39 is 5.97 Å².